The molecule has 1 N–H and O–H groups in total. The van der Waals surface area contributed by atoms with Gasteiger partial charge in [0, 0.05) is 12.0 Å². The van der Waals surface area contributed by atoms with Gasteiger partial charge in [0.1, 0.15) is 12.0 Å². The van der Waals surface area contributed by atoms with Crippen molar-refractivity contribution in [3.05, 3.63) is 22.1 Å². The molecule has 0 bridgehead atoms. The van der Waals surface area contributed by atoms with Crippen molar-refractivity contribution in [1.82, 2.24) is 15.3 Å². The third-order valence-corrected chi connectivity index (χ3v) is 3.30. The van der Waals surface area contributed by atoms with Crippen molar-refractivity contribution in [3.8, 4) is 5.88 Å². The van der Waals surface area contributed by atoms with Crippen LogP contribution in [0.25, 0.3) is 0 Å². The molecule has 0 saturated carbocycles. The maximum absolute atomic E-state index is 11.3. The lowest BCUT2D eigenvalue weighted by Crippen LogP contribution is -2.33. The number of ether oxygens (including phenoxy) is 1. The first-order valence-electron chi connectivity index (χ1n) is 6.83. The fraction of sp³-hybridized carbons (Fsp3) is 0.692. The Morgan fingerprint density at radius 1 is 1.45 bits per heavy atom. The van der Waals surface area contributed by atoms with E-state index >= 15 is 0 Å². The summed E-state index contributed by atoms with van der Waals surface area (Å²) in [5.74, 6) is -0.0417. The summed E-state index contributed by atoms with van der Waals surface area (Å²) < 4.78 is 4.99. The second-order valence-corrected chi connectivity index (χ2v) is 4.63. The minimum Gasteiger partial charge on any atom is -0.476 e. The summed E-state index contributed by atoms with van der Waals surface area (Å²) in [4.78, 5) is 18.8. The molecule has 7 nitrogen and oxygen atoms in total. The van der Waals surface area contributed by atoms with Crippen molar-refractivity contribution in [3.63, 3.8) is 0 Å². The van der Waals surface area contributed by atoms with Crippen LogP contribution in [0.4, 0.5) is 5.69 Å². The van der Waals surface area contributed by atoms with Gasteiger partial charge in [-0.25, -0.2) is 4.98 Å². The quantitative estimate of drug-likeness (QED) is 0.581. The summed E-state index contributed by atoms with van der Waals surface area (Å²) in [5, 5.41) is 14.6. The van der Waals surface area contributed by atoms with Crippen LogP contribution in [0.3, 0.4) is 0 Å². The van der Waals surface area contributed by atoms with Crippen LogP contribution in [0.15, 0.2) is 6.33 Å². The number of rotatable bonds is 8. The summed E-state index contributed by atoms with van der Waals surface area (Å²) in [6.07, 6.45) is 3.07. The van der Waals surface area contributed by atoms with Gasteiger partial charge in [0.2, 0.25) is 0 Å². The zero-order valence-corrected chi connectivity index (χ0v) is 12.4. The standard InChI is InChI=1S/C13H22N4O3/c1-5-7-14-9(3)10(6-2)11-12(17(18)19)13(20-4)16-8-15-11/h8-10,14H,5-7H2,1-4H3. The number of nitrogens with zero attached hydrogens (tertiary/aromatic N) is 3. The van der Waals surface area contributed by atoms with Gasteiger partial charge >= 0.3 is 5.69 Å². The van der Waals surface area contributed by atoms with Crippen LogP contribution in [0.5, 0.6) is 5.88 Å². The number of hydrogen-bond acceptors (Lipinski definition) is 6. The van der Waals surface area contributed by atoms with Gasteiger partial charge in [0.05, 0.1) is 12.0 Å². The monoisotopic (exact) mass is 282 g/mol. The first-order valence-corrected chi connectivity index (χ1v) is 6.83. The molecule has 1 rings (SSSR count). The highest BCUT2D eigenvalue weighted by Crippen LogP contribution is 2.34. The molecule has 20 heavy (non-hydrogen) atoms. The molecule has 0 saturated heterocycles. The molecule has 0 aromatic carbocycles. The van der Waals surface area contributed by atoms with Crippen molar-refractivity contribution in [1.29, 1.82) is 0 Å². The topological polar surface area (TPSA) is 90.2 Å². The Morgan fingerprint density at radius 2 is 2.15 bits per heavy atom. The average molecular weight is 282 g/mol. The second kappa shape index (κ2) is 7.74. The number of hydrogen-bond donors (Lipinski definition) is 1. The molecule has 0 amide bonds. The van der Waals surface area contributed by atoms with Gasteiger partial charge in [-0.1, -0.05) is 13.8 Å². The maximum Gasteiger partial charge on any atom is 0.352 e. The SMILES string of the molecule is CCCNC(C)C(CC)c1ncnc(OC)c1[N+](=O)[O-]. The molecule has 0 spiro atoms. The van der Waals surface area contributed by atoms with Gasteiger partial charge in [0.25, 0.3) is 5.88 Å². The maximum atomic E-state index is 11.3. The highest BCUT2D eigenvalue weighted by molar-refractivity contribution is 5.46. The van der Waals surface area contributed by atoms with E-state index in [1.807, 2.05) is 13.8 Å². The van der Waals surface area contributed by atoms with E-state index < -0.39 is 4.92 Å². The lowest BCUT2D eigenvalue weighted by Gasteiger charge is -2.23. The molecule has 1 aromatic heterocycles. The Labute approximate surface area is 118 Å². The van der Waals surface area contributed by atoms with E-state index in [4.69, 9.17) is 4.74 Å². The van der Waals surface area contributed by atoms with Crippen LogP contribution in [0.2, 0.25) is 0 Å². The Kier molecular flexibility index (Phi) is 6.30. The van der Waals surface area contributed by atoms with Gasteiger partial charge in [-0.3, -0.25) is 10.1 Å². The minimum atomic E-state index is -0.469. The minimum absolute atomic E-state index is 0.0149. The zero-order valence-electron chi connectivity index (χ0n) is 12.4. The normalized spacial score (nSPS) is 13.8. The predicted molar refractivity (Wildman–Crippen MR) is 76.0 cm³/mol. The third kappa shape index (κ3) is 3.63. The summed E-state index contributed by atoms with van der Waals surface area (Å²) >= 11 is 0. The molecular weight excluding hydrogens is 260 g/mol. The largest absolute Gasteiger partial charge is 0.476 e. The molecule has 0 fully saturated rings. The van der Waals surface area contributed by atoms with E-state index in [1.165, 1.54) is 13.4 Å². The fourth-order valence-corrected chi connectivity index (χ4v) is 2.27. The van der Waals surface area contributed by atoms with Gasteiger partial charge in [0.15, 0.2) is 0 Å². The Hall–Kier alpha value is -1.76. The van der Waals surface area contributed by atoms with E-state index in [-0.39, 0.29) is 23.5 Å². The Balaban J connectivity index is 3.17. The number of nitro groups is 1. The smallest absolute Gasteiger partial charge is 0.352 e. The number of nitrogens with one attached hydrogen (secondary N) is 1. The highest BCUT2D eigenvalue weighted by Gasteiger charge is 2.31. The van der Waals surface area contributed by atoms with Gasteiger partial charge in [-0.15, -0.1) is 0 Å². The van der Waals surface area contributed by atoms with Crippen molar-refractivity contribution in [2.45, 2.75) is 45.6 Å². The molecule has 0 aliphatic rings. The van der Waals surface area contributed by atoms with Crippen molar-refractivity contribution < 1.29 is 9.66 Å². The summed E-state index contributed by atoms with van der Waals surface area (Å²) in [7, 11) is 1.37. The van der Waals surface area contributed by atoms with Crippen LogP contribution in [0.1, 0.15) is 45.2 Å². The number of aromatic nitrogens is 2. The lowest BCUT2D eigenvalue weighted by molar-refractivity contribution is -0.387. The molecule has 0 aliphatic heterocycles. The van der Waals surface area contributed by atoms with Gasteiger partial charge < -0.3 is 10.1 Å². The van der Waals surface area contributed by atoms with E-state index in [2.05, 4.69) is 22.2 Å². The van der Waals surface area contributed by atoms with E-state index in [0.29, 0.717) is 5.69 Å². The van der Waals surface area contributed by atoms with E-state index in [9.17, 15) is 10.1 Å². The first-order chi connectivity index (χ1) is 9.56. The van der Waals surface area contributed by atoms with Crippen LogP contribution >= 0.6 is 0 Å². The molecule has 112 valence electrons. The Bertz CT molecular complexity index is 453. The second-order valence-electron chi connectivity index (χ2n) is 4.63. The van der Waals surface area contributed by atoms with Crippen LogP contribution in [-0.2, 0) is 0 Å². The third-order valence-electron chi connectivity index (χ3n) is 3.30. The summed E-state index contributed by atoms with van der Waals surface area (Å²) in [5.41, 5.74) is 0.299. The molecule has 0 aliphatic carbocycles. The van der Waals surface area contributed by atoms with Crippen LogP contribution < -0.4 is 10.1 Å². The fourth-order valence-electron chi connectivity index (χ4n) is 2.27. The summed E-state index contributed by atoms with van der Waals surface area (Å²) in [6.45, 7) is 6.96. The molecule has 2 atom stereocenters. The zero-order chi connectivity index (χ0) is 15.1. The van der Waals surface area contributed by atoms with Crippen molar-refractivity contribution in [2.75, 3.05) is 13.7 Å². The molecule has 2 unspecified atom stereocenters. The van der Waals surface area contributed by atoms with Crippen LogP contribution in [0, 0.1) is 10.1 Å². The van der Waals surface area contributed by atoms with Crippen molar-refractivity contribution in [2.24, 2.45) is 0 Å². The molecular formula is C13H22N4O3. The van der Waals surface area contributed by atoms with Gasteiger partial charge in [-0.05, 0) is 26.3 Å². The number of methoxy groups -OCH3 is 1. The highest BCUT2D eigenvalue weighted by atomic mass is 16.6. The van der Waals surface area contributed by atoms with Crippen LogP contribution in [-0.4, -0.2) is 34.6 Å². The van der Waals surface area contributed by atoms with Crippen molar-refractivity contribution >= 4 is 5.69 Å². The van der Waals surface area contributed by atoms with E-state index in [1.54, 1.807) is 0 Å². The predicted octanol–water partition coefficient (Wildman–Crippen LogP) is 2.28. The molecule has 0 radical (unpaired) electrons. The first kappa shape index (κ1) is 16.3. The van der Waals surface area contributed by atoms with Gasteiger partial charge in [-0.2, -0.15) is 4.98 Å². The Morgan fingerprint density at radius 3 is 2.65 bits per heavy atom. The van der Waals surface area contributed by atoms with E-state index in [0.717, 1.165) is 19.4 Å². The molecule has 1 aromatic rings. The lowest BCUT2D eigenvalue weighted by atomic mass is 9.93. The molecule has 7 heteroatoms. The average Bonchev–Trinajstić information content (AvgIpc) is 2.45. The summed E-state index contributed by atoms with van der Waals surface area (Å²) in [6, 6.07) is 0.0956. The molecule has 1 heterocycles.